The highest BCUT2D eigenvalue weighted by atomic mass is 32.1. The predicted octanol–water partition coefficient (Wildman–Crippen LogP) is 6.12. The van der Waals surface area contributed by atoms with Crippen LogP contribution in [0.2, 0.25) is 0 Å². The fourth-order valence-electron chi connectivity index (χ4n) is 4.81. The Labute approximate surface area is 218 Å². The van der Waals surface area contributed by atoms with Crippen LogP contribution < -0.4 is 5.73 Å². The van der Waals surface area contributed by atoms with Crippen LogP contribution in [0.25, 0.3) is 43.5 Å². The number of carbonyl (C=O) groups is 1. The first kappa shape index (κ1) is 23.5. The second-order valence-corrected chi connectivity index (χ2v) is 11.2. The molecule has 5 heterocycles. The van der Waals surface area contributed by atoms with Gasteiger partial charge in [-0.25, -0.2) is 9.78 Å². The number of anilines is 1. The number of nitrogens with zero attached hydrogens (tertiary/aromatic N) is 5. The van der Waals surface area contributed by atoms with Gasteiger partial charge < -0.3 is 19.8 Å². The van der Waals surface area contributed by atoms with Crippen LogP contribution in [0.3, 0.4) is 0 Å². The molecule has 9 nitrogen and oxygen atoms in total. The molecule has 1 aromatic carbocycles. The molecule has 190 valence electrons. The van der Waals surface area contributed by atoms with Crippen molar-refractivity contribution in [1.82, 2.24) is 24.0 Å². The van der Waals surface area contributed by atoms with Crippen LogP contribution in [-0.4, -0.2) is 48.8 Å². The number of piperidine rings is 1. The number of likely N-dealkylation sites (tertiary alicyclic amines) is 1. The molecule has 5 aromatic rings. The van der Waals surface area contributed by atoms with Crippen LogP contribution in [-0.2, 0) is 4.74 Å². The number of aromatic nitrogens is 4. The summed E-state index contributed by atoms with van der Waals surface area (Å²) in [7, 11) is 0. The summed E-state index contributed by atoms with van der Waals surface area (Å²) >= 11 is 1.44. The van der Waals surface area contributed by atoms with Gasteiger partial charge in [0.2, 0.25) is 0 Å². The van der Waals surface area contributed by atoms with Gasteiger partial charge in [0.25, 0.3) is 0 Å². The summed E-state index contributed by atoms with van der Waals surface area (Å²) in [5.41, 5.74) is 9.10. The molecule has 0 spiro atoms. The number of fused-ring (bicyclic) bond motifs is 2. The summed E-state index contributed by atoms with van der Waals surface area (Å²) in [6.07, 6.45) is 8.89. The van der Waals surface area contributed by atoms with E-state index in [1.807, 2.05) is 68.3 Å². The van der Waals surface area contributed by atoms with E-state index in [1.54, 1.807) is 11.1 Å². The number of ether oxygens (including phenoxy) is 1. The number of pyridine rings is 1. The molecule has 0 saturated carbocycles. The van der Waals surface area contributed by atoms with Gasteiger partial charge in [0, 0.05) is 59.1 Å². The second kappa shape index (κ2) is 8.88. The summed E-state index contributed by atoms with van der Waals surface area (Å²) in [6.45, 7) is 6.92. The quantitative estimate of drug-likeness (QED) is 0.307. The number of hydrogen-bond donors (Lipinski definition) is 1. The van der Waals surface area contributed by atoms with Gasteiger partial charge in [-0.15, -0.1) is 0 Å². The van der Waals surface area contributed by atoms with Crippen LogP contribution in [0, 0.1) is 0 Å². The molecule has 0 radical (unpaired) electrons. The summed E-state index contributed by atoms with van der Waals surface area (Å²) < 4.78 is 19.1. The number of furan rings is 1. The summed E-state index contributed by atoms with van der Waals surface area (Å²) in [4.78, 5) is 18.6. The second-order valence-electron chi connectivity index (χ2n) is 10.4. The Morgan fingerprint density at radius 3 is 2.76 bits per heavy atom. The third-order valence-corrected chi connectivity index (χ3v) is 7.49. The van der Waals surface area contributed by atoms with Gasteiger partial charge in [-0.3, -0.25) is 4.68 Å². The molecule has 2 N–H and O–H groups in total. The fourth-order valence-corrected chi connectivity index (χ4v) is 5.58. The van der Waals surface area contributed by atoms with E-state index >= 15 is 0 Å². The van der Waals surface area contributed by atoms with E-state index in [0.29, 0.717) is 24.5 Å². The van der Waals surface area contributed by atoms with Gasteiger partial charge in [-0.2, -0.15) is 9.47 Å². The molecule has 0 atom stereocenters. The molecule has 4 aromatic heterocycles. The summed E-state index contributed by atoms with van der Waals surface area (Å²) in [5.74, 6) is 1.08. The van der Waals surface area contributed by atoms with E-state index in [-0.39, 0.29) is 12.1 Å². The number of nitrogen functional groups attached to an aromatic ring is 1. The molecule has 1 fully saturated rings. The van der Waals surface area contributed by atoms with Crippen LogP contribution in [0.15, 0.2) is 53.5 Å². The van der Waals surface area contributed by atoms with Crippen molar-refractivity contribution in [3.8, 4) is 22.5 Å². The Kier molecular flexibility index (Phi) is 5.63. The lowest BCUT2D eigenvalue weighted by Crippen LogP contribution is -2.42. The van der Waals surface area contributed by atoms with Crippen molar-refractivity contribution in [3.63, 3.8) is 0 Å². The highest BCUT2D eigenvalue weighted by Crippen LogP contribution is 2.39. The molecule has 6 rings (SSSR count). The van der Waals surface area contributed by atoms with Crippen LogP contribution >= 0.6 is 11.5 Å². The standard InChI is InChI=1S/C27H28N6O3S/c1-27(2,3)36-26(34)32-9-7-18(8-10-32)33-15-17(12-30-33)21-14-29-25(28)23-20(21)11-22(35-23)19-6-4-5-16-13-31-37-24(16)19/h4-6,11-15,18H,7-10H2,1-3H3,(H2,28,29). The zero-order valence-corrected chi connectivity index (χ0v) is 21.8. The molecule has 0 aliphatic carbocycles. The molecule has 1 aliphatic rings. The molecule has 1 amide bonds. The zero-order valence-electron chi connectivity index (χ0n) is 21.0. The first-order valence-electron chi connectivity index (χ1n) is 12.3. The van der Waals surface area contributed by atoms with E-state index < -0.39 is 5.60 Å². The van der Waals surface area contributed by atoms with Gasteiger partial charge in [0.05, 0.1) is 16.9 Å². The Morgan fingerprint density at radius 2 is 1.97 bits per heavy atom. The fraction of sp³-hybridized carbons (Fsp3) is 0.333. The van der Waals surface area contributed by atoms with Crippen LogP contribution in [0.5, 0.6) is 0 Å². The van der Waals surface area contributed by atoms with Gasteiger partial charge in [-0.1, -0.05) is 12.1 Å². The van der Waals surface area contributed by atoms with E-state index in [2.05, 4.69) is 14.5 Å². The molecule has 0 unspecified atom stereocenters. The maximum atomic E-state index is 12.4. The maximum Gasteiger partial charge on any atom is 0.410 e. The molecule has 37 heavy (non-hydrogen) atoms. The number of amides is 1. The first-order chi connectivity index (χ1) is 17.8. The molecular weight excluding hydrogens is 488 g/mol. The molecule has 0 bridgehead atoms. The molecule has 1 aliphatic heterocycles. The van der Waals surface area contributed by atoms with E-state index in [1.165, 1.54) is 11.5 Å². The normalized spacial score (nSPS) is 15.1. The monoisotopic (exact) mass is 516 g/mol. The first-order valence-corrected chi connectivity index (χ1v) is 13.1. The molecule has 10 heteroatoms. The molecular formula is C27H28N6O3S. The predicted molar refractivity (Wildman–Crippen MR) is 144 cm³/mol. The minimum absolute atomic E-state index is 0.202. The zero-order chi connectivity index (χ0) is 25.7. The van der Waals surface area contributed by atoms with Gasteiger partial charge >= 0.3 is 6.09 Å². The largest absolute Gasteiger partial charge is 0.452 e. The van der Waals surface area contributed by atoms with Crippen molar-refractivity contribution >= 4 is 44.5 Å². The highest BCUT2D eigenvalue weighted by Gasteiger charge is 2.28. The average Bonchev–Trinajstić information content (AvgIpc) is 3.62. The number of benzene rings is 1. The SMILES string of the molecule is CC(C)(C)OC(=O)N1CCC(n2cc(-c3cnc(N)c4oc(-c5cccc6cnsc56)cc34)cn2)CC1. The number of rotatable bonds is 3. The third kappa shape index (κ3) is 4.42. The number of hydrogen-bond acceptors (Lipinski definition) is 8. The van der Waals surface area contributed by atoms with Crippen molar-refractivity contribution in [1.29, 1.82) is 0 Å². The van der Waals surface area contributed by atoms with Crippen molar-refractivity contribution in [3.05, 3.63) is 49.1 Å². The summed E-state index contributed by atoms with van der Waals surface area (Å²) in [6, 6.07) is 8.30. The van der Waals surface area contributed by atoms with Crippen molar-refractivity contribution in [2.45, 2.75) is 45.3 Å². The van der Waals surface area contributed by atoms with Crippen LogP contribution in [0.4, 0.5) is 10.6 Å². The van der Waals surface area contributed by atoms with Crippen molar-refractivity contribution in [2.75, 3.05) is 18.8 Å². The van der Waals surface area contributed by atoms with E-state index in [0.717, 1.165) is 50.8 Å². The Bertz CT molecular complexity index is 1600. The minimum atomic E-state index is -0.497. The smallest absolute Gasteiger partial charge is 0.410 e. The summed E-state index contributed by atoms with van der Waals surface area (Å²) in [5, 5.41) is 6.63. The Hall–Kier alpha value is -3.92. The van der Waals surface area contributed by atoms with Crippen LogP contribution in [0.1, 0.15) is 39.7 Å². The van der Waals surface area contributed by atoms with E-state index in [9.17, 15) is 4.79 Å². The average molecular weight is 517 g/mol. The topological polar surface area (TPSA) is 112 Å². The van der Waals surface area contributed by atoms with E-state index in [4.69, 9.17) is 14.9 Å². The number of carbonyl (C=O) groups excluding carboxylic acids is 1. The van der Waals surface area contributed by atoms with Crippen molar-refractivity contribution < 1.29 is 13.9 Å². The minimum Gasteiger partial charge on any atom is -0.452 e. The Balaban J connectivity index is 1.26. The third-order valence-electron chi connectivity index (χ3n) is 6.64. The maximum absolute atomic E-state index is 12.4. The van der Waals surface area contributed by atoms with Gasteiger partial charge in [-0.05, 0) is 57.3 Å². The lowest BCUT2D eigenvalue weighted by atomic mass is 10.0. The van der Waals surface area contributed by atoms with Gasteiger partial charge in [0.15, 0.2) is 11.4 Å². The lowest BCUT2D eigenvalue weighted by Gasteiger charge is -2.33. The molecule has 1 saturated heterocycles. The van der Waals surface area contributed by atoms with Gasteiger partial charge in [0.1, 0.15) is 11.4 Å². The Morgan fingerprint density at radius 1 is 1.16 bits per heavy atom. The number of nitrogens with two attached hydrogens (primary N) is 1. The lowest BCUT2D eigenvalue weighted by molar-refractivity contribution is 0.0185. The highest BCUT2D eigenvalue weighted by molar-refractivity contribution is 7.13. The van der Waals surface area contributed by atoms with Crippen molar-refractivity contribution in [2.24, 2.45) is 0 Å².